The molecular formula is C17H23NO3. The Bertz CT molecular complexity index is 495. The van der Waals surface area contributed by atoms with Gasteiger partial charge < -0.3 is 10.1 Å². The Hall–Kier alpha value is -1.84. The molecule has 1 aromatic carbocycles. The van der Waals surface area contributed by atoms with E-state index >= 15 is 0 Å². The second kappa shape index (κ2) is 7.25. The maximum Gasteiger partial charge on any atom is 0.258 e. The smallest absolute Gasteiger partial charge is 0.258 e. The van der Waals surface area contributed by atoms with Crippen LogP contribution in [0.5, 0.6) is 5.75 Å². The van der Waals surface area contributed by atoms with Gasteiger partial charge >= 0.3 is 0 Å². The van der Waals surface area contributed by atoms with Crippen molar-refractivity contribution in [2.24, 2.45) is 5.92 Å². The second-order valence-electron chi connectivity index (χ2n) is 5.80. The number of Topliss-reactive ketones (excluding diaryl/α,β-unsaturated/α-hetero) is 1. The van der Waals surface area contributed by atoms with Crippen LogP contribution in [0.4, 0.5) is 0 Å². The Balaban J connectivity index is 1.79. The number of carbonyl (C=O) groups is 2. The molecule has 0 bridgehead atoms. The fourth-order valence-electron chi connectivity index (χ4n) is 2.71. The largest absolute Gasteiger partial charge is 0.484 e. The summed E-state index contributed by atoms with van der Waals surface area (Å²) in [5, 5.41) is 3.05. The fourth-order valence-corrected chi connectivity index (χ4v) is 2.71. The molecule has 0 saturated heterocycles. The molecule has 1 saturated carbocycles. The van der Waals surface area contributed by atoms with Gasteiger partial charge in [-0.3, -0.25) is 9.59 Å². The molecule has 114 valence electrons. The molecule has 21 heavy (non-hydrogen) atoms. The molecule has 0 spiro atoms. The number of rotatable bonds is 5. The van der Waals surface area contributed by atoms with Crippen LogP contribution in [0.25, 0.3) is 0 Å². The van der Waals surface area contributed by atoms with Gasteiger partial charge in [0.15, 0.2) is 12.4 Å². The number of amides is 1. The van der Waals surface area contributed by atoms with Gasteiger partial charge in [0, 0.05) is 11.6 Å². The molecule has 2 atom stereocenters. The van der Waals surface area contributed by atoms with Crippen molar-refractivity contribution in [3.05, 3.63) is 29.8 Å². The maximum absolute atomic E-state index is 11.9. The van der Waals surface area contributed by atoms with Gasteiger partial charge in [0.05, 0.1) is 0 Å². The maximum atomic E-state index is 11.9. The Kier molecular flexibility index (Phi) is 5.37. The molecule has 4 nitrogen and oxygen atoms in total. The Morgan fingerprint density at radius 2 is 1.86 bits per heavy atom. The van der Waals surface area contributed by atoms with Gasteiger partial charge in [0.25, 0.3) is 5.91 Å². The first-order chi connectivity index (χ1) is 10.1. The molecule has 0 heterocycles. The first kappa shape index (κ1) is 15.5. The minimum absolute atomic E-state index is 0.0165. The summed E-state index contributed by atoms with van der Waals surface area (Å²) in [5.74, 6) is 1.08. The van der Waals surface area contributed by atoms with Crippen LogP contribution in [0.15, 0.2) is 24.3 Å². The number of carbonyl (C=O) groups excluding carboxylic acids is 2. The van der Waals surface area contributed by atoms with E-state index in [0.29, 0.717) is 17.2 Å². The van der Waals surface area contributed by atoms with E-state index < -0.39 is 0 Å². The van der Waals surface area contributed by atoms with Crippen LogP contribution in [0, 0.1) is 5.92 Å². The lowest BCUT2D eigenvalue weighted by molar-refractivity contribution is -0.124. The summed E-state index contributed by atoms with van der Waals surface area (Å²) >= 11 is 0. The van der Waals surface area contributed by atoms with Gasteiger partial charge in [0.2, 0.25) is 0 Å². The average Bonchev–Trinajstić information content (AvgIpc) is 2.48. The third-order valence-electron chi connectivity index (χ3n) is 4.09. The first-order valence-electron chi connectivity index (χ1n) is 7.59. The predicted octanol–water partition coefficient (Wildman–Crippen LogP) is 2.96. The number of ether oxygens (including phenoxy) is 1. The predicted molar refractivity (Wildman–Crippen MR) is 81.5 cm³/mol. The minimum atomic E-state index is -0.0793. The van der Waals surface area contributed by atoms with Crippen molar-refractivity contribution in [3.8, 4) is 5.75 Å². The van der Waals surface area contributed by atoms with E-state index in [1.165, 1.54) is 26.2 Å². The number of benzene rings is 1. The summed E-state index contributed by atoms with van der Waals surface area (Å²) in [7, 11) is 0. The van der Waals surface area contributed by atoms with Crippen molar-refractivity contribution < 1.29 is 14.3 Å². The SMILES string of the molecule is CC(=O)c1ccc(OCC(=O)N[C@H]2CCCC[C@@H]2C)cc1. The lowest BCUT2D eigenvalue weighted by Crippen LogP contribution is -2.43. The van der Waals surface area contributed by atoms with Crippen LogP contribution < -0.4 is 10.1 Å². The molecule has 0 aromatic heterocycles. The lowest BCUT2D eigenvalue weighted by atomic mass is 9.86. The number of hydrogen-bond acceptors (Lipinski definition) is 3. The summed E-state index contributed by atoms with van der Waals surface area (Å²) in [6.45, 7) is 3.72. The van der Waals surface area contributed by atoms with Crippen molar-refractivity contribution in [2.75, 3.05) is 6.61 Å². The summed E-state index contributed by atoms with van der Waals surface area (Å²) in [6, 6.07) is 7.12. The third kappa shape index (κ3) is 4.59. The van der Waals surface area contributed by atoms with Gasteiger partial charge in [-0.15, -0.1) is 0 Å². The van der Waals surface area contributed by atoms with Crippen LogP contribution in [0.2, 0.25) is 0 Å². The van der Waals surface area contributed by atoms with E-state index in [9.17, 15) is 9.59 Å². The molecule has 0 unspecified atom stereocenters. The van der Waals surface area contributed by atoms with Crippen LogP contribution in [0.1, 0.15) is 49.9 Å². The number of ketones is 1. The van der Waals surface area contributed by atoms with Crippen molar-refractivity contribution in [3.63, 3.8) is 0 Å². The molecule has 4 heteroatoms. The zero-order chi connectivity index (χ0) is 15.2. The Labute approximate surface area is 125 Å². The number of hydrogen-bond donors (Lipinski definition) is 1. The van der Waals surface area contributed by atoms with Crippen LogP contribution >= 0.6 is 0 Å². The molecule has 1 amide bonds. The van der Waals surface area contributed by atoms with E-state index in [-0.39, 0.29) is 24.3 Å². The van der Waals surface area contributed by atoms with Gasteiger partial charge in [0.1, 0.15) is 5.75 Å². The highest BCUT2D eigenvalue weighted by atomic mass is 16.5. The zero-order valence-electron chi connectivity index (χ0n) is 12.7. The summed E-state index contributed by atoms with van der Waals surface area (Å²) < 4.78 is 5.46. The van der Waals surface area contributed by atoms with Gasteiger partial charge in [-0.2, -0.15) is 0 Å². The highest BCUT2D eigenvalue weighted by molar-refractivity contribution is 5.94. The van der Waals surface area contributed by atoms with Crippen molar-refractivity contribution in [1.82, 2.24) is 5.32 Å². The quantitative estimate of drug-likeness (QED) is 0.848. The molecular weight excluding hydrogens is 266 g/mol. The minimum Gasteiger partial charge on any atom is -0.484 e. The van der Waals surface area contributed by atoms with Crippen molar-refractivity contribution in [2.45, 2.75) is 45.6 Å². The van der Waals surface area contributed by atoms with E-state index in [4.69, 9.17) is 4.74 Å². The Morgan fingerprint density at radius 1 is 1.19 bits per heavy atom. The fraction of sp³-hybridized carbons (Fsp3) is 0.529. The average molecular weight is 289 g/mol. The van der Waals surface area contributed by atoms with Crippen molar-refractivity contribution >= 4 is 11.7 Å². The topological polar surface area (TPSA) is 55.4 Å². The second-order valence-corrected chi connectivity index (χ2v) is 5.80. The van der Waals surface area contributed by atoms with E-state index in [1.54, 1.807) is 24.3 Å². The number of nitrogens with one attached hydrogen (secondary N) is 1. The highest BCUT2D eigenvalue weighted by Crippen LogP contribution is 2.23. The Morgan fingerprint density at radius 3 is 2.48 bits per heavy atom. The normalized spacial score (nSPS) is 21.6. The molecule has 1 aromatic rings. The van der Waals surface area contributed by atoms with Gasteiger partial charge in [-0.1, -0.05) is 19.8 Å². The molecule has 2 rings (SSSR count). The summed E-state index contributed by atoms with van der Waals surface area (Å²) in [4.78, 5) is 23.1. The van der Waals surface area contributed by atoms with Crippen LogP contribution in [-0.4, -0.2) is 24.3 Å². The van der Waals surface area contributed by atoms with Gasteiger partial charge in [-0.25, -0.2) is 0 Å². The molecule has 1 N–H and O–H groups in total. The van der Waals surface area contributed by atoms with Crippen LogP contribution in [-0.2, 0) is 4.79 Å². The molecule has 1 fully saturated rings. The van der Waals surface area contributed by atoms with Crippen LogP contribution in [0.3, 0.4) is 0 Å². The molecule has 1 aliphatic carbocycles. The standard InChI is InChI=1S/C17H23NO3/c1-12-5-3-4-6-16(12)18-17(20)11-21-15-9-7-14(8-10-15)13(2)19/h7-10,12,16H,3-6,11H2,1-2H3,(H,18,20)/t12-,16-/m0/s1. The monoisotopic (exact) mass is 289 g/mol. The highest BCUT2D eigenvalue weighted by Gasteiger charge is 2.22. The van der Waals surface area contributed by atoms with Crippen molar-refractivity contribution in [1.29, 1.82) is 0 Å². The van der Waals surface area contributed by atoms with E-state index in [0.717, 1.165) is 6.42 Å². The summed E-state index contributed by atoms with van der Waals surface area (Å²) in [5.41, 5.74) is 0.642. The zero-order valence-corrected chi connectivity index (χ0v) is 12.7. The van der Waals surface area contributed by atoms with E-state index in [2.05, 4.69) is 12.2 Å². The third-order valence-corrected chi connectivity index (χ3v) is 4.09. The molecule has 0 radical (unpaired) electrons. The van der Waals surface area contributed by atoms with Gasteiger partial charge in [-0.05, 0) is 49.9 Å². The first-order valence-corrected chi connectivity index (χ1v) is 7.59. The molecule has 1 aliphatic rings. The van der Waals surface area contributed by atoms with E-state index in [1.807, 2.05) is 0 Å². The molecule has 0 aliphatic heterocycles. The summed E-state index contributed by atoms with van der Waals surface area (Å²) in [6.07, 6.45) is 4.67. The lowest BCUT2D eigenvalue weighted by Gasteiger charge is -2.29.